The van der Waals surface area contributed by atoms with Crippen molar-refractivity contribution in [3.05, 3.63) is 101 Å². The Morgan fingerprint density at radius 1 is 0.812 bits per heavy atom. The van der Waals surface area contributed by atoms with Crippen molar-refractivity contribution in [3.8, 4) is 5.75 Å². The van der Waals surface area contributed by atoms with E-state index in [0.717, 1.165) is 22.0 Å². The number of carbonyl (C=O) groups excluding carboxylic acids is 2. The van der Waals surface area contributed by atoms with Crippen LogP contribution in [0.1, 0.15) is 15.9 Å². The van der Waals surface area contributed by atoms with Gasteiger partial charge in [-0.15, -0.1) is 0 Å². The molecule has 0 aliphatic rings. The lowest BCUT2D eigenvalue weighted by atomic mass is 10.1. The lowest BCUT2D eigenvalue weighted by Gasteiger charge is -2.11. The highest BCUT2D eigenvalue weighted by molar-refractivity contribution is 6.31. The predicted molar refractivity (Wildman–Crippen MR) is 129 cm³/mol. The fourth-order valence-electron chi connectivity index (χ4n) is 3.31. The Balaban J connectivity index is 1.35. The van der Waals surface area contributed by atoms with Crippen LogP contribution in [0.2, 0.25) is 5.02 Å². The van der Waals surface area contributed by atoms with Gasteiger partial charge in [0.25, 0.3) is 11.8 Å². The van der Waals surface area contributed by atoms with Crippen LogP contribution in [0, 0.1) is 6.92 Å². The molecule has 4 aromatic rings. The average Bonchev–Trinajstić information content (AvgIpc) is 2.81. The summed E-state index contributed by atoms with van der Waals surface area (Å²) in [4.78, 5) is 24.9. The number of carbonyl (C=O) groups is 2. The molecular formula is C26H21ClN2O3. The molecule has 0 heterocycles. The van der Waals surface area contributed by atoms with Crippen molar-refractivity contribution in [2.24, 2.45) is 0 Å². The van der Waals surface area contributed by atoms with E-state index in [1.54, 1.807) is 42.5 Å². The topological polar surface area (TPSA) is 67.4 Å². The summed E-state index contributed by atoms with van der Waals surface area (Å²) in [6, 6.07) is 25.5. The molecule has 0 spiro atoms. The highest BCUT2D eigenvalue weighted by Crippen LogP contribution is 2.24. The molecule has 6 heteroatoms. The first-order valence-electron chi connectivity index (χ1n) is 10.1. The number of benzene rings is 4. The number of amides is 2. The monoisotopic (exact) mass is 444 g/mol. The molecule has 4 rings (SSSR count). The molecule has 0 saturated heterocycles. The van der Waals surface area contributed by atoms with Crippen LogP contribution in [0.4, 0.5) is 11.4 Å². The summed E-state index contributed by atoms with van der Waals surface area (Å²) in [6.45, 7) is 1.70. The van der Waals surface area contributed by atoms with Gasteiger partial charge in [-0.25, -0.2) is 0 Å². The fourth-order valence-corrected chi connectivity index (χ4v) is 3.48. The van der Waals surface area contributed by atoms with Gasteiger partial charge in [-0.05, 0) is 60.3 Å². The quantitative estimate of drug-likeness (QED) is 0.379. The van der Waals surface area contributed by atoms with Crippen molar-refractivity contribution in [2.45, 2.75) is 6.92 Å². The molecule has 0 aromatic heterocycles. The summed E-state index contributed by atoms with van der Waals surface area (Å²) in [7, 11) is 0. The van der Waals surface area contributed by atoms with E-state index in [-0.39, 0.29) is 18.4 Å². The highest BCUT2D eigenvalue weighted by atomic mass is 35.5. The molecule has 0 aliphatic carbocycles. The zero-order valence-corrected chi connectivity index (χ0v) is 18.1. The van der Waals surface area contributed by atoms with E-state index in [9.17, 15) is 9.59 Å². The zero-order valence-electron chi connectivity index (χ0n) is 17.4. The summed E-state index contributed by atoms with van der Waals surface area (Å²) < 4.78 is 5.58. The molecule has 0 saturated carbocycles. The van der Waals surface area contributed by atoms with Gasteiger partial charge in [-0.1, -0.05) is 54.1 Å². The highest BCUT2D eigenvalue weighted by Gasteiger charge is 2.10. The Kier molecular flexibility index (Phi) is 6.38. The number of fused-ring (bicyclic) bond motifs is 1. The smallest absolute Gasteiger partial charge is 0.262 e. The van der Waals surface area contributed by atoms with Gasteiger partial charge < -0.3 is 15.4 Å². The number of ether oxygens (including phenoxy) is 1. The Hall–Kier alpha value is -3.83. The molecule has 160 valence electrons. The molecule has 5 nitrogen and oxygen atoms in total. The molecule has 0 radical (unpaired) electrons. The second-order valence-electron chi connectivity index (χ2n) is 7.25. The first-order valence-corrected chi connectivity index (χ1v) is 10.5. The van der Waals surface area contributed by atoms with Gasteiger partial charge in [-0.2, -0.15) is 0 Å². The normalized spacial score (nSPS) is 10.6. The van der Waals surface area contributed by atoms with E-state index in [1.165, 1.54) is 0 Å². The van der Waals surface area contributed by atoms with Crippen LogP contribution in [0.5, 0.6) is 5.75 Å². The van der Waals surface area contributed by atoms with Gasteiger partial charge in [0.15, 0.2) is 6.61 Å². The first-order chi connectivity index (χ1) is 15.5. The molecule has 0 bridgehead atoms. The Labute approximate surface area is 191 Å². The predicted octanol–water partition coefficient (Wildman–Crippen LogP) is 6.07. The fraction of sp³-hybridized carbons (Fsp3) is 0.0769. The minimum Gasteiger partial charge on any atom is -0.484 e. The number of rotatable bonds is 6. The van der Waals surface area contributed by atoms with Gasteiger partial charge in [0.1, 0.15) is 5.75 Å². The molecule has 0 unspecified atom stereocenters. The van der Waals surface area contributed by atoms with Crippen molar-refractivity contribution < 1.29 is 14.3 Å². The lowest BCUT2D eigenvalue weighted by molar-refractivity contribution is -0.118. The zero-order chi connectivity index (χ0) is 22.5. The van der Waals surface area contributed by atoms with E-state index in [0.29, 0.717) is 22.0 Å². The van der Waals surface area contributed by atoms with Crippen LogP contribution in [0.3, 0.4) is 0 Å². The standard InChI is InChI=1S/C26H21ClN2O3/c1-17-22(27)9-5-10-23(17)29-26(31)19-12-14-20(15-13-19)32-16-25(30)28-24-11-4-7-18-6-2-3-8-21(18)24/h2-15H,16H2,1H3,(H,28,30)(H,29,31). The lowest BCUT2D eigenvalue weighted by Crippen LogP contribution is -2.20. The number of anilines is 2. The summed E-state index contributed by atoms with van der Waals surface area (Å²) in [6.07, 6.45) is 0. The number of halogens is 1. The van der Waals surface area contributed by atoms with Crippen molar-refractivity contribution in [3.63, 3.8) is 0 Å². The first kappa shape index (κ1) is 21.4. The van der Waals surface area contributed by atoms with E-state index in [1.807, 2.05) is 49.4 Å². The molecule has 32 heavy (non-hydrogen) atoms. The van der Waals surface area contributed by atoms with Gasteiger partial charge >= 0.3 is 0 Å². The summed E-state index contributed by atoms with van der Waals surface area (Å²) >= 11 is 6.10. The summed E-state index contributed by atoms with van der Waals surface area (Å²) in [5, 5.41) is 8.34. The van der Waals surface area contributed by atoms with Gasteiger partial charge in [0.2, 0.25) is 0 Å². The van der Waals surface area contributed by atoms with E-state index in [2.05, 4.69) is 10.6 Å². The van der Waals surface area contributed by atoms with E-state index in [4.69, 9.17) is 16.3 Å². The Morgan fingerprint density at radius 3 is 2.31 bits per heavy atom. The van der Waals surface area contributed by atoms with Crippen LogP contribution in [0.15, 0.2) is 84.9 Å². The van der Waals surface area contributed by atoms with Crippen molar-refractivity contribution in [1.29, 1.82) is 0 Å². The minimum absolute atomic E-state index is 0.142. The Bertz CT molecular complexity index is 1280. The molecular weight excluding hydrogens is 424 g/mol. The third-order valence-electron chi connectivity index (χ3n) is 5.07. The maximum Gasteiger partial charge on any atom is 0.262 e. The molecule has 2 amide bonds. The molecule has 0 aliphatic heterocycles. The van der Waals surface area contributed by atoms with Crippen LogP contribution in [-0.4, -0.2) is 18.4 Å². The molecule has 4 aromatic carbocycles. The summed E-state index contributed by atoms with van der Waals surface area (Å²) in [5.41, 5.74) is 2.67. The second kappa shape index (κ2) is 9.54. The maximum atomic E-state index is 12.5. The molecule has 2 N–H and O–H groups in total. The third kappa shape index (κ3) is 4.90. The summed E-state index contributed by atoms with van der Waals surface area (Å²) in [5.74, 6) is -0.0243. The second-order valence-corrected chi connectivity index (χ2v) is 7.66. The number of hydrogen-bond acceptors (Lipinski definition) is 3. The largest absolute Gasteiger partial charge is 0.484 e. The van der Waals surface area contributed by atoms with Gasteiger partial charge in [0, 0.05) is 27.3 Å². The minimum atomic E-state index is -0.264. The number of nitrogens with one attached hydrogen (secondary N) is 2. The van der Waals surface area contributed by atoms with E-state index < -0.39 is 0 Å². The van der Waals surface area contributed by atoms with Crippen LogP contribution in [0.25, 0.3) is 10.8 Å². The van der Waals surface area contributed by atoms with Gasteiger partial charge in [0.05, 0.1) is 0 Å². The van der Waals surface area contributed by atoms with Crippen LogP contribution < -0.4 is 15.4 Å². The van der Waals surface area contributed by atoms with E-state index >= 15 is 0 Å². The van der Waals surface area contributed by atoms with Crippen molar-refractivity contribution in [1.82, 2.24) is 0 Å². The molecule has 0 atom stereocenters. The van der Waals surface area contributed by atoms with Gasteiger partial charge in [-0.3, -0.25) is 9.59 Å². The maximum absolute atomic E-state index is 12.5. The van der Waals surface area contributed by atoms with Crippen LogP contribution >= 0.6 is 11.6 Å². The third-order valence-corrected chi connectivity index (χ3v) is 5.48. The Morgan fingerprint density at radius 2 is 1.50 bits per heavy atom. The van der Waals surface area contributed by atoms with Crippen LogP contribution in [-0.2, 0) is 4.79 Å². The average molecular weight is 445 g/mol. The number of hydrogen-bond donors (Lipinski definition) is 2. The SMILES string of the molecule is Cc1c(Cl)cccc1NC(=O)c1ccc(OCC(=O)Nc2cccc3ccccc23)cc1. The molecule has 0 fully saturated rings. The van der Waals surface area contributed by atoms with Crippen molar-refractivity contribution >= 4 is 45.6 Å². The van der Waals surface area contributed by atoms with Crippen molar-refractivity contribution in [2.75, 3.05) is 17.2 Å².